The van der Waals surface area contributed by atoms with E-state index in [1.807, 2.05) is 0 Å². The first-order valence-corrected chi connectivity index (χ1v) is 8.03. The third kappa shape index (κ3) is 4.90. The lowest BCUT2D eigenvalue weighted by molar-refractivity contribution is 0.305. The van der Waals surface area contributed by atoms with Crippen LogP contribution in [0.15, 0.2) is 21.1 Å². The number of hydrogen-bond acceptors (Lipinski definition) is 2. The Morgan fingerprint density at radius 3 is 2.33 bits per heavy atom. The van der Waals surface area contributed by atoms with Gasteiger partial charge < -0.3 is 10.5 Å². The van der Waals surface area contributed by atoms with Crippen LogP contribution in [0.3, 0.4) is 0 Å². The fourth-order valence-corrected chi connectivity index (χ4v) is 3.14. The minimum atomic E-state index is 0.218. The van der Waals surface area contributed by atoms with Crippen LogP contribution in [0.2, 0.25) is 0 Å². The lowest BCUT2D eigenvalue weighted by atomic mass is 10.0. The van der Waals surface area contributed by atoms with Gasteiger partial charge in [-0.05, 0) is 68.8 Å². The van der Waals surface area contributed by atoms with Crippen LogP contribution in [0.4, 0.5) is 0 Å². The molecule has 1 rings (SSSR count). The molecule has 1 unspecified atom stereocenters. The van der Waals surface area contributed by atoms with E-state index < -0.39 is 0 Å². The van der Waals surface area contributed by atoms with Crippen molar-refractivity contribution in [3.63, 3.8) is 0 Å². The van der Waals surface area contributed by atoms with E-state index in [2.05, 4.69) is 57.8 Å². The van der Waals surface area contributed by atoms with Gasteiger partial charge in [-0.1, -0.05) is 20.3 Å². The third-order valence-electron chi connectivity index (χ3n) is 2.82. The van der Waals surface area contributed by atoms with Crippen LogP contribution >= 0.6 is 31.9 Å². The van der Waals surface area contributed by atoms with Crippen molar-refractivity contribution in [3.05, 3.63) is 26.6 Å². The summed E-state index contributed by atoms with van der Waals surface area (Å²) in [7, 11) is 0. The summed E-state index contributed by atoms with van der Waals surface area (Å²) in [4.78, 5) is 0. The lowest BCUT2D eigenvalue weighted by Crippen LogP contribution is -2.21. The highest BCUT2D eigenvalue weighted by Gasteiger charge is 2.10. The Morgan fingerprint density at radius 1 is 1.22 bits per heavy atom. The Labute approximate surface area is 127 Å². The van der Waals surface area contributed by atoms with E-state index >= 15 is 0 Å². The molecule has 0 aliphatic rings. The second-order valence-electron chi connectivity index (χ2n) is 4.46. The van der Waals surface area contributed by atoms with Crippen LogP contribution in [0, 0.1) is 0 Å². The summed E-state index contributed by atoms with van der Waals surface area (Å²) in [6.07, 6.45) is 4.09. The van der Waals surface area contributed by atoms with Gasteiger partial charge in [-0.25, -0.2) is 0 Å². The molecule has 1 aromatic rings. The van der Waals surface area contributed by atoms with E-state index in [0.717, 1.165) is 47.0 Å². The molecule has 0 fully saturated rings. The molecule has 0 aliphatic heterocycles. The van der Waals surface area contributed by atoms with Crippen molar-refractivity contribution in [2.24, 2.45) is 5.73 Å². The predicted molar refractivity (Wildman–Crippen MR) is 84.2 cm³/mol. The molecule has 1 atom stereocenters. The SMILES string of the molecule is CCCCOc1c(Br)cc(CC(N)CC)cc1Br. The largest absolute Gasteiger partial charge is 0.491 e. The molecule has 0 saturated heterocycles. The molecule has 102 valence electrons. The number of rotatable bonds is 7. The molecule has 0 spiro atoms. The Morgan fingerprint density at radius 2 is 1.83 bits per heavy atom. The Balaban J connectivity index is 2.77. The first-order chi connectivity index (χ1) is 8.58. The molecule has 4 heteroatoms. The van der Waals surface area contributed by atoms with Crippen molar-refractivity contribution in [1.82, 2.24) is 0 Å². The fourth-order valence-electron chi connectivity index (χ4n) is 1.63. The predicted octanol–water partition coefficient (Wildman–Crippen LogP) is 4.67. The first kappa shape index (κ1) is 16.0. The quantitative estimate of drug-likeness (QED) is 0.699. The molecule has 0 aliphatic carbocycles. The van der Waals surface area contributed by atoms with Crippen LogP contribution in [-0.4, -0.2) is 12.6 Å². The molecule has 1 aromatic carbocycles. The van der Waals surface area contributed by atoms with Crippen LogP contribution in [-0.2, 0) is 6.42 Å². The molecule has 0 amide bonds. The molecule has 2 N–H and O–H groups in total. The van der Waals surface area contributed by atoms with Gasteiger partial charge in [0.2, 0.25) is 0 Å². The van der Waals surface area contributed by atoms with Gasteiger partial charge in [-0.15, -0.1) is 0 Å². The zero-order valence-electron chi connectivity index (χ0n) is 11.0. The molecular formula is C14H21Br2NO. The zero-order valence-corrected chi connectivity index (χ0v) is 14.2. The Bertz CT molecular complexity index is 359. The van der Waals surface area contributed by atoms with Crippen LogP contribution in [0.1, 0.15) is 38.7 Å². The van der Waals surface area contributed by atoms with Gasteiger partial charge in [0.25, 0.3) is 0 Å². The van der Waals surface area contributed by atoms with E-state index in [-0.39, 0.29) is 6.04 Å². The van der Waals surface area contributed by atoms with Crippen molar-refractivity contribution >= 4 is 31.9 Å². The van der Waals surface area contributed by atoms with Gasteiger partial charge in [-0.2, -0.15) is 0 Å². The standard InChI is InChI=1S/C14H21Br2NO/c1-3-5-6-18-14-12(15)8-10(9-13(14)16)7-11(17)4-2/h8-9,11H,3-7,17H2,1-2H3. The average Bonchev–Trinajstić information content (AvgIpc) is 2.32. The van der Waals surface area contributed by atoms with Gasteiger partial charge in [-0.3, -0.25) is 0 Å². The van der Waals surface area contributed by atoms with Crippen LogP contribution in [0.5, 0.6) is 5.75 Å². The van der Waals surface area contributed by atoms with Gasteiger partial charge in [0.15, 0.2) is 0 Å². The molecule has 0 saturated carbocycles. The number of halogens is 2. The minimum absolute atomic E-state index is 0.218. The zero-order chi connectivity index (χ0) is 13.5. The number of nitrogens with two attached hydrogens (primary N) is 1. The van der Waals surface area contributed by atoms with E-state index in [1.165, 1.54) is 5.56 Å². The van der Waals surface area contributed by atoms with Crippen molar-refractivity contribution in [2.75, 3.05) is 6.61 Å². The molecule has 0 heterocycles. The van der Waals surface area contributed by atoms with Gasteiger partial charge in [0, 0.05) is 6.04 Å². The van der Waals surface area contributed by atoms with E-state index in [9.17, 15) is 0 Å². The number of ether oxygens (including phenoxy) is 1. The van der Waals surface area contributed by atoms with Crippen molar-refractivity contribution in [1.29, 1.82) is 0 Å². The number of unbranched alkanes of at least 4 members (excludes halogenated alkanes) is 1. The molecule has 0 aromatic heterocycles. The third-order valence-corrected chi connectivity index (χ3v) is 4.00. The Hall–Kier alpha value is -0.0600. The normalized spacial score (nSPS) is 12.5. The first-order valence-electron chi connectivity index (χ1n) is 6.44. The van der Waals surface area contributed by atoms with Crippen molar-refractivity contribution < 1.29 is 4.74 Å². The van der Waals surface area contributed by atoms with Gasteiger partial charge in [0.1, 0.15) is 5.75 Å². The molecule has 0 bridgehead atoms. The van der Waals surface area contributed by atoms with Crippen LogP contribution in [0.25, 0.3) is 0 Å². The molecule has 0 radical (unpaired) electrons. The van der Waals surface area contributed by atoms with E-state index in [0.29, 0.717) is 0 Å². The second kappa shape index (κ2) is 8.18. The monoisotopic (exact) mass is 377 g/mol. The maximum Gasteiger partial charge on any atom is 0.147 e. The minimum Gasteiger partial charge on any atom is -0.491 e. The van der Waals surface area contributed by atoms with E-state index in [4.69, 9.17) is 10.5 Å². The second-order valence-corrected chi connectivity index (χ2v) is 6.17. The molecular weight excluding hydrogens is 358 g/mol. The number of hydrogen-bond donors (Lipinski definition) is 1. The summed E-state index contributed by atoms with van der Waals surface area (Å²) in [5.41, 5.74) is 7.21. The summed E-state index contributed by atoms with van der Waals surface area (Å²) in [6.45, 7) is 5.02. The van der Waals surface area contributed by atoms with E-state index in [1.54, 1.807) is 0 Å². The highest BCUT2D eigenvalue weighted by atomic mass is 79.9. The maximum absolute atomic E-state index is 5.98. The smallest absolute Gasteiger partial charge is 0.147 e. The topological polar surface area (TPSA) is 35.2 Å². The Kier molecular flexibility index (Phi) is 7.27. The highest BCUT2D eigenvalue weighted by molar-refractivity contribution is 9.11. The summed E-state index contributed by atoms with van der Waals surface area (Å²) in [6, 6.07) is 4.42. The maximum atomic E-state index is 5.98. The van der Waals surface area contributed by atoms with Gasteiger partial charge >= 0.3 is 0 Å². The molecule has 2 nitrogen and oxygen atoms in total. The summed E-state index contributed by atoms with van der Waals surface area (Å²) >= 11 is 7.13. The van der Waals surface area contributed by atoms with Crippen molar-refractivity contribution in [3.8, 4) is 5.75 Å². The highest BCUT2D eigenvalue weighted by Crippen LogP contribution is 2.35. The van der Waals surface area contributed by atoms with Gasteiger partial charge in [0.05, 0.1) is 15.6 Å². The summed E-state index contributed by atoms with van der Waals surface area (Å²) < 4.78 is 7.75. The lowest BCUT2D eigenvalue weighted by Gasteiger charge is -2.14. The summed E-state index contributed by atoms with van der Waals surface area (Å²) in [5.74, 6) is 0.886. The molecule has 18 heavy (non-hydrogen) atoms. The summed E-state index contributed by atoms with van der Waals surface area (Å²) in [5, 5.41) is 0. The number of benzene rings is 1. The van der Waals surface area contributed by atoms with Crippen LogP contribution < -0.4 is 10.5 Å². The van der Waals surface area contributed by atoms with Crippen molar-refractivity contribution in [2.45, 2.75) is 45.6 Å². The fraction of sp³-hybridized carbons (Fsp3) is 0.571. The average molecular weight is 379 g/mol.